The van der Waals surface area contributed by atoms with Gasteiger partial charge in [0.15, 0.2) is 0 Å². The van der Waals surface area contributed by atoms with Gasteiger partial charge in [0.2, 0.25) is 0 Å². The molecule has 2 atom stereocenters. The van der Waals surface area contributed by atoms with E-state index >= 15 is 0 Å². The molecule has 1 fully saturated rings. The molecule has 3 nitrogen and oxygen atoms in total. The Morgan fingerprint density at radius 3 is 2.71 bits per heavy atom. The van der Waals surface area contributed by atoms with Crippen molar-refractivity contribution < 1.29 is 5.11 Å². The van der Waals surface area contributed by atoms with Crippen molar-refractivity contribution in [1.82, 2.24) is 10.2 Å². The minimum absolute atomic E-state index is 0.249. The van der Waals surface area contributed by atoms with Crippen LogP contribution in [0, 0.1) is 11.3 Å². The highest BCUT2D eigenvalue weighted by Crippen LogP contribution is 2.38. The molecule has 0 aromatic carbocycles. The lowest BCUT2D eigenvalue weighted by Gasteiger charge is -2.35. The van der Waals surface area contributed by atoms with Crippen LogP contribution < -0.4 is 5.32 Å². The smallest absolute Gasteiger partial charge is 0.0791 e. The lowest BCUT2D eigenvalue weighted by molar-refractivity contribution is 0.127. The van der Waals surface area contributed by atoms with E-state index in [1.165, 1.54) is 25.7 Å². The number of likely N-dealkylation sites (N-methyl/N-ethyl adjacent to an activating group) is 1. The van der Waals surface area contributed by atoms with E-state index in [2.05, 4.69) is 19.2 Å². The maximum atomic E-state index is 9.75. The normalized spacial score (nSPS) is 26.1. The molecule has 102 valence electrons. The van der Waals surface area contributed by atoms with E-state index in [4.69, 9.17) is 0 Å². The van der Waals surface area contributed by atoms with Gasteiger partial charge in [-0.2, -0.15) is 0 Å². The summed E-state index contributed by atoms with van der Waals surface area (Å²) in [5.74, 6) is 0.797. The third-order valence-electron chi connectivity index (χ3n) is 3.70. The lowest BCUT2D eigenvalue weighted by Crippen LogP contribution is -2.38. The van der Waals surface area contributed by atoms with Crippen molar-refractivity contribution >= 4 is 0 Å². The zero-order chi connectivity index (χ0) is 12.9. The third kappa shape index (κ3) is 6.39. The van der Waals surface area contributed by atoms with Crippen molar-refractivity contribution in [3.63, 3.8) is 0 Å². The van der Waals surface area contributed by atoms with Crippen LogP contribution in [0.1, 0.15) is 39.5 Å². The Morgan fingerprint density at radius 1 is 1.41 bits per heavy atom. The van der Waals surface area contributed by atoms with E-state index in [0.717, 1.165) is 25.6 Å². The number of hydrogen-bond donors (Lipinski definition) is 2. The van der Waals surface area contributed by atoms with Gasteiger partial charge in [-0.1, -0.05) is 20.3 Å². The molecule has 0 spiro atoms. The molecule has 0 heterocycles. The van der Waals surface area contributed by atoms with Crippen molar-refractivity contribution in [2.24, 2.45) is 11.3 Å². The fourth-order valence-corrected chi connectivity index (χ4v) is 2.97. The van der Waals surface area contributed by atoms with Crippen molar-refractivity contribution in [2.45, 2.75) is 45.6 Å². The molecule has 1 aliphatic carbocycles. The molecule has 0 saturated heterocycles. The highest BCUT2D eigenvalue weighted by molar-refractivity contribution is 4.80. The fourth-order valence-electron chi connectivity index (χ4n) is 2.97. The minimum Gasteiger partial charge on any atom is -0.390 e. The monoisotopic (exact) mass is 242 g/mol. The first kappa shape index (κ1) is 14.9. The van der Waals surface area contributed by atoms with Crippen LogP contribution in [-0.2, 0) is 0 Å². The number of aliphatic hydroxyl groups is 1. The maximum Gasteiger partial charge on any atom is 0.0791 e. The number of rotatable bonds is 6. The number of aliphatic hydroxyl groups excluding tert-OH is 1. The zero-order valence-electron chi connectivity index (χ0n) is 12.0. The molecule has 0 aromatic heterocycles. The summed E-state index contributed by atoms with van der Waals surface area (Å²) < 4.78 is 0. The molecule has 1 saturated carbocycles. The molecule has 0 amide bonds. The highest BCUT2D eigenvalue weighted by Gasteiger charge is 2.27. The Morgan fingerprint density at radius 2 is 2.12 bits per heavy atom. The molecule has 2 unspecified atom stereocenters. The number of nitrogens with zero attached hydrogens (tertiary/aromatic N) is 1. The highest BCUT2D eigenvalue weighted by atomic mass is 16.3. The number of hydrogen-bond acceptors (Lipinski definition) is 3. The van der Waals surface area contributed by atoms with Crippen molar-refractivity contribution in [2.75, 3.05) is 33.7 Å². The topological polar surface area (TPSA) is 35.5 Å². The van der Waals surface area contributed by atoms with Gasteiger partial charge in [-0.25, -0.2) is 0 Å². The molecular formula is C14H30N2O. The first-order valence-corrected chi connectivity index (χ1v) is 6.92. The van der Waals surface area contributed by atoms with Crippen LogP contribution >= 0.6 is 0 Å². The van der Waals surface area contributed by atoms with Crippen LogP contribution in [0.2, 0.25) is 0 Å². The summed E-state index contributed by atoms with van der Waals surface area (Å²) in [6.45, 7) is 7.27. The van der Waals surface area contributed by atoms with E-state index in [-0.39, 0.29) is 6.10 Å². The molecule has 1 rings (SSSR count). The second-order valence-corrected chi connectivity index (χ2v) is 6.70. The van der Waals surface area contributed by atoms with Crippen LogP contribution in [0.25, 0.3) is 0 Å². The maximum absolute atomic E-state index is 9.75. The molecule has 0 aromatic rings. The molecule has 2 N–H and O–H groups in total. The average Bonchev–Trinajstić information content (AvgIpc) is 2.14. The summed E-state index contributed by atoms with van der Waals surface area (Å²) in [5, 5.41) is 13.2. The SMILES string of the molecule is CN(C)CC(O)CNCC1CCCC(C)(C)C1. The summed E-state index contributed by atoms with van der Waals surface area (Å²) in [4.78, 5) is 2.02. The van der Waals surface area contributed by atoms with Gasteiger partial charge < -0.3 is 15.3 Å². The van der Waals surface area contributed by atoms with Crippen molar-refractivity contribution in [1.29, 1.82) is 0 Å². The van der Waals surface area contributed by atoms with Gasteiger partial charge in [-0.15, -0.1) is 0 Å². The fraction of sp³-hybridized carbons (Fsp3) is 1.00. The Balaban J connectivity index is 2.14. The molecular weight excluding hydrogens is 212 g/mol. The van der Waals surface area contributed by atoms with Crippen LogP contribution in [0.3, 0.4) is 0 Å². The van der Waals surface area contributed by atoms with Gasteiger partial charge in [-0.3, -0.25) is 0 Å². The van der Waals surface area contributed by atoms with Gasteiger partial charge in [0, 0.05) is 13.1 Å². The molecule has 3 heteroatoms. The average molecular weight is 242 g/mol. The predicted octanol–water partition coefficient (Wildman–Crippen LogP) is 1.71. The van der Waals surface area contributed by atoms with E-state index < -0.39 is 0 Å². The summed E-state index contributed by atoms with van der Waals surface area (Å²) >= 11 is 0. The third-order valence-corrected chi connectivity index (χ3v) is 3.70. The van der Waals surface area contributed by atoms with Crippen molar-refractivity contribution in [3.8, 4) is 0 Å². The first-order valence-electron chi connectivity index (χ1n) is 6.92. The van der Waals surface area contributed by atoms with Gasteiger partial charge in [0.05, 0.1) is 6.10 Å². The largest absolute Gasteiger partial charge is 0.390 e. The van der Waals surface area contributed by atoms with Crippen LogP contribution in [0.4, 0.5) is 0 Å². The summed E-state index contributed by atoms with van der Waals surface area (Å²) in [6, 6.07) is 0. The molecule has 1 aliphatic rings. The molecule has 0 radical (unpaired) electrons. The summed E-state index contributed by atoms with van der Waals surface area (Å²) in [5.41, 5.74) is 0.521. The Hall–Kier alpha value is -0.120. The van der Waals surface area contributed by atoms with Crippen molar-refractivity contribution in [3.05, 3.63) is 0 Å². The number of nitrogens with one attached hydrogen (secondary N) is 1. The van der Waals surface area contributed by atoms with Gasteiger partial charge in [-0.05, 0) is 51.2 Å². The second-order valence-electron chi connectivity index (χ2n) is 6.70. The summed E-state index contributed by atoms with van der Waals surface area (Å²) in [7, 11) is 3.99. The van der Waals surface area contributed by atoms with Gasteiger partial charge >= 0.3 is 0 Å². The van der Waals surface area contributed by atoms with Gasteiger partial charge in [0.25, 0.3) is 0 Å². The Bertz CT molecular complexity index is 216. The second kappa shape index (κ2) is 6.72. The van der Waals surface area contributed by atoms with Crippen LogP contribution in [0.15, 0.2) is 0 Å². The predicted molar refractivity (Wildman–Crippen MR) is 73.2 cm³/mol. The van der Waals surface area contributed by atoms with E-state index in [1.807, 2.05) is 19.0 Å². The lowest BCUT2D eigenvalue weighted by atomic mass is 9.72. The van der Waals surface area contributed by atoms with E-state index in [0.29, 0.717) is 5.41 Å². The van der Waals surface area contributed by atoms with Crippen LogP contribution in [-0.4, -0.2) is 49.8 Å². The van der Waals surface area contributed by atoms with E-state index in [1.54, 1.807) is 0 Å². The molecule has 0 aliphatic heterocycles. The first-order chi connectivity index (χ1) is 7.89. The molecule has 17 heavy (non-hydrogen) atoms. The quantitative estimate of drug-likeness (QED) is 0.744. The zero-order valence-corrected chi connectivity index (χ0v) is 12.0. The Kier molecular flexibility index (Phi) is 5.90. The Labute approximate surface area is 107 Å². The van der Waals surface area contributed by atoms with Crippen LogP contribution in [0.5, 0.6) is 0 Å². The molecule has 0 bridgehead atoms. The minimum atomic E-state index is -0.249. The summed E-state index contributed by atoms with van der Waals surface area (Å²) in [6.07, 6.45) is 5.15. The van der Waals surface area contributed by atoms with Gasteiger partial charge in [0.1, 0.15) is 0 Å². The standard InChI is InChI=1S/C14H30N2O/c1-14(2)7-5-6-12(8-14)9-15-10-13(17)11-16(3)4/h12-13,15,17H,5-11H2,1-4H3. The van der Waals surface area contributed by atoms with E-state index in [9.17, 15) is 5.11 Å².